The number of benzene rings is 2. The average molecular weight is 415 g/mol. The standard InChI is InChI=1S/C20H16F3N5O2/c21-20(22,23)15-6-3-7-16(10-15)26-18-17(28(29)30)19(25-12-24-18)27-9-8-13-4-1-2-5-14(13)11-27/h1-7,10,12H,8-9,11H2,(H,24,25,26). The lowest BCUT2D eigenvalue weighted by molar-refractivity contribution is -0.383. The quantitative estimate of drug-likeness (QED) is 0.491. The van der Waals surface area contributed by atoms with Crippen molar-refractivity contribution in [3.8, 4) is 0 Å². The number of fused-ring (bicyclic) bond motifs is 1. The minimum Gasteiger partial charge on any atom is -0.346 e. The van der Waals surface area contributed by atoms with E-state index in [1.54, 1.807) is 4.90 Å². The third kappa shape index (κ3) is 3.88. The summed E-state index contributed by atoms with van der Waals surface area (Å²) in [5, 5.41) is 14.5. The van der Waals surface area contributed by atoms with E-state index in [0.717, 1.165) is 17.7 Å². The molecule has 154 valence electrons. The number of halogens is 3. The molecule has 10 heteroatoms. The molecule has 0 aliphatic carbocycles. The van der Waals surface area contributed by atoms with Crippen molar-refractivity contribution >= 4 is 23.0 Å². The average Bonchev–Trinajstić information content (AvgIpc) is 2.72. The lowest BCUT2D eigenvalue weighted by atomic mass is 10.00. The number of nitrogens with zero attached hydrogens (tertiary/aromatic N) is 4. The fourth-order valence-corrected chi connectivity index (χ4v) is 3.45. The van der Waals surface area contributed by atoms with Gasteiger partial charge in [0.1, 0.15) is 6.33 Å². The van der Waals surface area contributed by atoms with Gasteiger partial charge in [0.2, 0.25) is 11.6 Å². The number of hydrogen-bond donors (Lipinski definition) is 1. The highest BCUT2D eigenvalue weighted by Gasteiger charge is 2.32. The smallest absolute Gasteiger partial charge is 0.346 e. The number of aromatic nitrogens is 2. The normalized spacial score (nSPS) is 13.6. The van der Waals surface area contributed by atoms with Crippen LogP contribution >= 0.6 is 0 Å². The van der Waals surface area contributed by atoms with Gasteiger partial charge in [-0.15, -0.1) is 0 Å². The van der Waals surface area contributed by atoms with Crippen LogP contribution in [0.2, 0.25) is 0 Å². The SMILES string of the molecule is O=[N+]([O-])c1c(Nc2cccc(C(F)(F)F)c2)ncnc1N1CCc2ccccc2C1. The van der Waals surface area contributed by atoms with Crippen molar-refractivity contribution in [3.63, 3.8) is 0 Å². The summed E-state index contributed by atoms with van der Waals surface area (Å²) in [5.74, 6) is -0.0397. The molecular weight excluding hydrogens is 399 g/mol. The summed E-state index contributed by atoms with van der Waals surface area (Å²) in [4.78, 5) is 21.0. The van der Waals surface area contributed by atoms with Gasteiger partial charge in [-0.05, 0) is 35.7 Å². The van der Waals surface area contributed by atoms with Crippen LogP contribution in [0.1, 0.15) is 16.7 Å². The van der Waals surface area contributed by atoms with Crippen LogP contribution in [0, 0.1) is 10.1 Å². The van der Waals surface area contributed by atoms with E-state index in [1.165, 1.54) is 24.0 Å². The molecule has 0 spiro atoms. The molecule has 7 nitrogen and oxygen atoms in total. The first-order chi connectivity index (χ1) is 14.3. The fraction of sp³-hybridized carbons (Fsp3) is 0.200. The molecule has 0 fully saturated rings. The molecule has 2 heterocycles. The van der Waals surface area contributed by atoms with Crippen LogP contribution < -0.4 is 10.2 Å². The predicted octanol–water partition coefficient (Wildman–Crippen LogP) is 4.71. The maximum atomic E-state index is 13.0. The Labute approximate surface area is 169 Å². The van der Waals surface area contributed by atoms with E-state index in [2.05, 4.69) is 15.3 Å². The molecule has 0 atom stereocenters. The second kappa shape index (κ2) is 7.62. The molecule has 0 saturated carbocycles. The third-order valence-electron chi connectivity index (χ3n) is 4.87. The van der Waals surface area contributed by atoms with Crippen LogP contribution in [0.5, 0.6) is 0 Å². The van der Waals surface area contributed by atoms with Gasteiger partial charge in [-0.2, -0.15) is 13.2 Å². The first-order valence-electron chi connectivity index (χ1n) is 9.08. The van der Waals surface area contributed by atoms with E-state index in [1.807, 2.05) is 24.3 Å². The van der Waals surface area contributed by atoms with Crippen LogP contribution in [0.25, 0.3) is 0 Å². The topological polar surface area (TPSA) is 84.2 Å². The Morgan fingerprint density at radius 3 is 2.57 bits per heavy atom. The lowest BCUT2D eigenvalue weighted by Crippen LogP contribution is -2.31. The molecule has 30 heavy (non-hydrogen) atoms. The third-order valence-corrected chi connectivity index (χ3v) is 4.87. The van der Waals surface area contributed by atoms with Crippen LogP contribution in [0.4, 0.5) is 36.2 Å². The summed E-state index contributed by atoms with van der Waals surface area (Å²) in [7, 11) is 0. The van der Waals surface area contributed by atoms with Gasteiger partial charge in [-0.3, -0.25) is 10.1 Å². The Bertz CT molecular complexity index is 1100. The second-order valence-electron chi connectivity index (χ2n) is 6.80. The monoisotopic (exact) mass is 415 g/mol. The van der Waals surface area contributed by atoms with Gasteiger partial charge in [0, 0.05) is 18.8 Å². The van der Waals surface area contributed by atoms with E-state index in [9.17, 15) is 23.3 Å². The summed E-state index contributed by atoms with van der Waals surface area (Å²) in [6.07, 6.45) is -2.66. The zero-order chi connectivity index (χ0) is 21.3. The van der Waals surface area contributed by atoms with E-state index in [4.69, 9.17) is 0 Å². The van der Waals surface area contributed by atoms with Crippen LogP contribution in [0.15, 0.2) is 54.9 Å². The highest BCUT2D eigenvalue weighted by atomic mass is 19.4. The highest BCUT2D eigenvalue weighted by Crippen LogP contribution is 2.37. The molecule has 3 aromatic rings. The number of hydrogen-bond acceptors (Lipinski definition) is 6. The van der Waals surface area contributed by atoms with E-state index >= 15 is 0 Å². The summed E-state index contributed by atoms with van der Waals surface area (Å²) >= 11 is 0. The molecule has 1 aromatic heterocycles. The summed E-state index contributed by atoms with van der Waals surface area (Å²) in [6.45, 7) is 0.967. The molecule has 0 radical (unpaired) electrons. The maximum absolute atomic E-state index is 13.0. The zero-order valence-corrected chi connectivity index (χ0v) is 15.6. The maximum Gasteiger partial charge on any atom is 0.416 e. The lowest BCUT2D eigenvalue weighted by Gasteiger charge is -2.29. The van der Waals surface area contributed by atoms with Crippen LogP contribution in [0.3, 0.4) is 0 Å². The Morgan fingerprint density at radius 1 is 1.07 bits per heavy atom. The van der Waals surface area contributed by atoms with Gasteiger partial charge in [0.05, 0.1) is 10.5 Å². The molecule has 0 saturated heterocycles. The van der Waals surface area contributed by atoms with Crippen LogP contribution in [-0.4, -0.2) is 21.4 Å². The van der Waals surface area contributed by atoms with E-state index in [-0.39, 0.29) is 23.0 Å². The second-order valence-corrected chi connectivity index (χ2v) is 6.80. The molecule has 1 aliphatic heterocycles. The Kier molecular flexibility index (Phi) is 4.98. The first kappa shape index (κ1) is 19.6. The Morgan fingerprint density at radius 2 is 1.83 bits per heavy atom. The molecule has 1 aliphatic rings. The number of rotatable bonds is 4. The van der Waals surface area contributed by atoms with Gasteiger partial charge >= 0.3 is 11.9 Å². The van der Waals surface area contributed by atoms with Crippen molar-refractivity contribution in [2.45, 2.75) is 19.1 Å². The van der Waals surface area contributed by atoms with Gasteiger partial charge < -0.3 is 10.2 Å². The molecule has 1 N–H and O–H groups in total. The minimum absolute atomic E-state index is 0.0431. The fourth-order valence-electron chi connectivity index (χ4n) is 3.45. The molecule has 2 aromatic carbocycles. The van der Waals surface area contributed by atoms with Gasteiger partial charge in [-0.25, -0.2) is 9.97 Å². The predicted molar refractivity (Wildman–Crippen MR) is 105 cm³/mol. The molecule has 4 rings (SSSR count). The summed E-state index contributed by atoms with van der Waals surface area (Å²) < 4.78 is 38.9. The zero-order valence-electron chi connectivity index (χ0n) is 15.6. The molecule has 0 amide bonds. The molecule has 0 unspecified atom stereocenters. The summed E-state index contributed by atoms with van der Waals surface area (Å²) in [6, 6.07) is 12.2. The van der Waals surface area contributed by atoms with Crippen molar-refractivity contribution in [1.29, 1.82) is 0 Å². The number of alkyl halides is 3. The molecule has 0 bridgehead atoms. The van der Waals surface area contributed by atoms with Crippen molar-refractivity contribution in [2.24, 2.45) is 0 Å². The van der Waals surface area contributed by atoms with Crippen molar-refractivity contribution in [1.82, 2.24) is 9.97 Å². The number of nitrogens with one attached hydrogen (secondary N) is 1. The van der Waals surface area contributed by atoms with E-state index < -0.39 is 16.7 Å². The Balaban J connectivity index is 1.69. The van der Waals surface area contributed by atoms with Crippen LogP contribution in [-0.2, 0) is 19.1 Å². The number of nitro groups is 1. The largest absolute Gasteiger partial charge is 0.416 e. The summed E-state index contributed by atoms with van der Waals surface area (Å²) in [5.41, 5.74) is 1.02. The minimum atomic E-state index is -4.53. The van der Waals surface area contributed by atoms with Gasteiger partial charge in [0.25, 0.3) is 0 Å². The van der Waals surface area contributed by atoms with Crippen molar-refractivity contribution in [2.75, 3.05) is 16.8 Å². The van der Waals surface area contributed by atoms with Crippen molar-refractivity contribution in [3.05, 3.63) is 81.7 Å². The van der Waals surface area contributed by atoms with Gasteiger partial charge in [0.15, 0.2) is 0 Å². The number of anilines is 3. The molecular formula is C20H16F3N5O2. The Hall–Kier alpha value is -3.69. The first-order valence-corrected chi connectivity index (χ1v) is 9.08. The van der Waals surface area contributed by atoms with Crippen molar-refractivity contribution < 1.29 is 18.1 Å². The van der Waals surface area contributed by atoms with E-state index in [0.29, 0.717) is 19.5 Å². The highest BCUT2D eigenvalue weighted by molar-refractivity contribution is 5.74. The van der Waals surface area contributed by atoms with Gasteiger partial charge in [-0.1, -0.05) is 30.3 Å².